The number of aromatic nitrogens is 2. The Bertz CT molecular complexity index is 1240. The Balaban J connectivity index is 1.32. The number of thiophene rings is 1. The largest absolute Gasteiger partial charge is 0.380 e. The van der Waals surface area contributed by atoms with Crippen LogP contribution in [0.2, 0.25) is 10.0 Å². The van der Waals surface area contributed by atoms with Crippen LogP contribution < -0.4 is 5.32 Å². The van der Waals surface area contributed by atoms with Crippen LogP contribution >= 0.6 is 34.5 Å². The fraction of sp³-hybridized carbons (Fsp3) is 0.400. The van der Waals surface area contributed by atoms with Crippen LogP contribution in [0.3, 0.4) is 0 Å². The normalized spacial score (nSPS) is 17.4. The quantitative estimate of drug-likeness (QED) is 0.450. The van der Waals surface area contributed by atoms with Crippen molar-refractivity contribution < 1.29 is 9.53 Å². The lowest BCUT2D eigenvalue weighted by atomic mass is 10.1. The molecule has 0 bridgehead atoms. The summed E-state index contributed by atoms with van der Waals surface area (Å²) in [5.41, 5.74) is 2.03. The van der Waals surface area contributed by atoms with Crippen LogP contribution in [-0.4, -0.2) is 65.1 Å². The predicted molar refractivity (Wildman–Crippen MR) is 142 cm³/mol. The molecule has 0 unspecified atom stereocenters. The number of ether oxygens (including phenoxy) is 1. The summed E-state index contributed by atoms with van der Waals surface area (Å²) in [7, 11) is 0. The Morgan fingerprint density at radius 2 is 2.06 bits per heavy atom. The molecule has 0 radical (unpaired) electrons. The maximum absolute atomic E-state index is 13.0. The molecule has 4 heterocycles. The lowest BCUT2D eigenvalue weighted by Crippen LogP contribution is -2.30. The molecule has 1 saturated heterocycles. The summed E-state index contributed by atoms with van der Waals surface area (Å²) in [5.74, 6) is 0.800. The second-order valence-corrected chi connectivity index (χ2v) is 10.6. The first-order valence-electron chi connectivity index (χ1n) is 11.8. The molecule has 2 aliphatic rings. The van der Waals surface area contributed by atoms with E-state index in [1.807, 2.05) is 17.0 Å². The van der Waals surface area contributed by atoms with Crippen molar-refractivity contribution in [2.24, 2.45) is 0 Å². The maximum atomic E-state index is 13.0. The highest BCUT2D eigenvalue weighted by atomic mass is 35.5. The van der Waals surface area contributed by atoms with Gasteiger partial charge in [0, 0.05) is 49.4 Å². The summed E-state index contributed by atoms with van der Waals surface area (Å²) >= 11 is 13.9. The first kappa shape index (κ1) is 24.5. The number of halogens is 2. The number of rotatable bonds is 5. The van der Waals surface area contributed by atoms with Crippen LogP contribution in [0.1, 0.15) is 23.3 Å². The van der Waals surface area contributed by atoms with Crippen LogP contribution in [0, 0.1) is 0 Å². The number of hydrogen-bond acceptors (Lipinski definition) is 7. The van der Waals surface area contributed by atoms with Crippen molar-refractivity contribution >= 4 is 62.2 Å². The van der Waals surface area contributed by atoms with Crippen LogP contribution in [0.15, 0.2) is 36.7 Å². The Hall–Kier alpha value is -2.23. The number of carbonyl (C=O) groups excluding carboxylic acids is 1. The summed E-state index contributed by atoms with van der Waals surface area (Å²) in [4.78, 5) is 28.4. The van der Waals surface area contributed by atoms with E-state index in [4.69, 9.17) is 27.9 Å². The van der Waals surface area contributed by atoms with E-state index in [-0.39, 0.29) is 5.91 Å². The van der Waals surface area contributed by atoms with Gasteiger partial charge in [-0.2, -0.15) is 0 Å². The third-order valence-electron chi connectivity index (χ3n) is 6.29. The standard InChI is InChI=1S/C25H27Cl2N5O2S/c26-19-7-6-17(14-20(19)27)30-24-23-18-4-1-10-32(15-21(18)35-25(23)29-16-28-24)22(33)5-2-8-31-9-3-12-34-13-11-31/h2,5-7,14,16H,1,3-4,8-13,15H2,(H,28,29,30). The van der Waals surface area contributed by atoms with Crippen LogP contribution in [0.5, 0.6) is 0 Å². The van der Waals surface area contributed by atoms with E-state index in [2.05, 4.69) is 20.2 Å². The topological polar surface area (TPSA) is 70.6 Å². The molecule has 5 rings (SSSR count). The summed E-state index contributed by atoms with van der Waals surface area (Å²) in [6.45, 7) is 5.58. The van der Waals surface area contributed by atoms with Gasteiger partial charge in [0.25, 0.3) is 0 Å². The summed E-state index contributed by atoms with van der Waals surface area (Å²) in [6, 6.07) is 5.42. The monoisotopic (exact) mass is 531 g/mol. The highest BCUT2D eigenvalue weighted by Crippen LogP contribution is 2.38. The molecule has 1 amide bonds. The number of aryl methyl sites for hydroxylation is 1. The summed E-state index contributed by atoms with van der Waals surface area (Å²) in [5, 5.41) is 5.39. The van der Waals surface area contributed by atoms with E-state index < -0.39 is 0 Å². The number of carbonyl (C=O) groups is 1. The number of nitrogens with one attached hydrogen (secondary N) is 1. The molecule has 0 atom stereocenters. The van der Waals surface area contributed by atoms with Crippen molar-refractivity contribution in [3.63, 3.8) is 0 Å². The van der Waals surface area contributed by atoms with Gasteiger partial charge in [-0.1, -0.05) is 29.3 Å². The molecule has 1 N–H and O–H groups in total. The smallest absolute Gasteiger partial charge is 0.246 e. The number of anilines is 2. The minimum atomic E-state index is 0.0571. The van der Waals surface area contributed by atoms with Gasteiger partial charge in [-0.15, -0.1) is 11.3 Å². The Kier molecular flexibility index (Phi) is 7.84. The van der Waals surface area contributed by atoms with Crippen molar-refractivity contribution in [3.05, 3.63) is 57.2 Å². The zero-order valence-electron chi connectivity index (χ0n) is 19.3. The Morgan fingerprint density at radius 1 is 1.14 bits per heavy atom. The van der Waals surface area contributed by atoms with Gasteiger partial charge in [0.05, 0.1) is 28.6 Å². The van der Waals surface area contributed by atoms with Gasteiger partial charge < -0.3 is 15.0 Å². The molecule has 0 saturated carbocycles. The molecule has 2 aromatic heterocycles. The SMILES string of the molecule is O=C(C=CCN1CCCOCC1)N1CCCc2c(sc3ncnc(Nc4ccc(Cl)c(Cl)c4)c23)C1. The highest BCUT2D eigenvalue weighted by Gasteiger charge is 2.24. The molecule has 3 aromatic rings. The van der Waals surface area contributed by atoms with Gasteiger partial charge in [0.2, 0.25) is 5.91 Å². The van der Waals surface area contributed by atoms with Gasteiger partial charge in [-0.25, -0.2) is 9.97 Å². The van der Waals surface area contributed by atoms with E-state index in [0.29, 0.717) is 16.6 Å². The minimum absolute atomic E-state index is 0.0571. The minimum Gasteiger partial charge on any atom is -0.380 e. The summed E-state index contributed by atoms with van der Waals surface area (Å²) in [6.07, 6.45) is 8.07. The van der Waals surface area contributed by atoms with Crippen molar-refractivity contribution in [3.8, 4) is 0 Å². The molecular weight excluding hydrogens is 505 g/mol. The lowest BCUT2D eigenvalue weighted by Gasteiger charge is -2.19. The molecule has 0 aliphatic carbocycles. The van der Waals surface area contributed by atoms with Crippen molar-refractivity contribution in [1.82, 2.24) is 19.8 Å². The second-order valence-electron chi connectivity index (χ2n) is 8.69. The summed E-state index contributed by atoms with van der Waals surface area (Å²) < 4.78 is 5.51. The predicted octanol–water partition coefficient (Wildman–Crippen LogP) is 5.30. The molecular formula is C25H27Cl2N5O2S. The van der Waals surface area contributed by atoms with Gasteiger partial charge in [-0.05, 0) is 43.0 Å². The van der Waals surface area contributed by atoms with Crippen LogP contribution in [0.25, 0.3) is 10.2 Å². The Morgan fingerprint density at radius 3 is 2.94 bits per heavy atom. The highest BCUT2D eigenvalue weighted by molar-refractivity contribution is 7.19. The van der Waals surface area contributed by atoms with Crippen molar-refractivity contribution in [1.29, 1.82) is 0 Å². The Labute approximate surface area is 218 Å². The molecule has 1 fully saturated rings. The fourth-order valence-electron chi connectivity index (χ4n) is 4.51. The lowest BCUT2D eigenvalue weighted by molar-refractivity contribution is -0.126. The van der Waals surface area contributed by atoms with Crippen molar-refractivity contribution in [2.45, 2.75) is 25.8 Å². The number of amides is 1. The average Bonchev–Trinajstić information content (AvgIpc) is 3.02. The van der Waals surface area contributed by atoms with Gasteiger partial charge in [0.15, 0.2) is 0 Å². The van der Waals surface area contributed by atoms with Gasteiger partial charge >= 0.3 is 0 Å². The molecule has 7 nitrogen and oxygen atoms in total. The second kappa shape index (κ2) is 11.2. The van der Waals surface area contributed by atoms with E-state index in [9.17, 15) is 4.79 Å². The number of benzene rings is 1. The van der Waals surface area contributed by atoms with E-state index >= 15 is 0 Å². The van der Waals surface area contributed by atoms with Crippen LogP contribution in [0.4, 0.5) is 11.5 Å². The third-order valence-corrected chi connectivity index (χ3v) is 8.16. The fourth-order valence-corrected chi connectivity index (χ4v) is 6.01. The van der Waals surface area contributed by atoms with Gasteiger partial charge in [0.1, 0.15) is 17.0 Å². The molecule has 0 spiro atoms. The number of nitrogens with zero attached hydrogens (tertiary/aromatic N) is 4. The zero-order valence-corrected chi connectivity index (χ0v) is 21.6. The average molecular weight is 532 g/mol. The van der Waals surface area contributed by atoms with Crippen molar-refractivity contribution in [2.75, 3.05) is 44.7 Å². The first-order chi connectivity index (χ1) is 17.1. The molecule has 35 heavy (non-hydrogen) atoms. The molecule has 1 aromatic carbocycles. The van der Waals surface area contributed by atoms with Crippen LogP contribution in [-0.2, 0) is 22.5 Å². The van der Waals surface area contributed by atoms with E-state index in [0.717, 1.165) is 80.4 Å². The first-order valence-corrected chi connectivity index (χ1v) is 13.4. The van der Waals surface area contributed by atoms with E-state index in [1.165, 1.54) is 10.4 Å². The molecule has 10 heteroatoms. The maximum Gasteiger partial charge on any atom is 0.246 e. The molecule has 2 aliphatic heterocycles. The van der Waals surface area contributed by atoms with E-state index in [1.54, 1.807) is 35.9 Å². The molecule has 184 valence electrons. The number of fused-ring (bicyclic) bond motifs is 3. The third kappa shape index (κ3) is 5.78. The number of hydrogen-bond donors (Lipinski definition) is 1. The van der Waals surface area contributed by atoms with Gasteiger partial charge in [-0.3, -0.25) is 9.69 Å². The zero-order chi connectivity index (χ0) is 24.2.